The average Bonchev–Trinajstić information content (AvgIpc) is 2.88. The van der Waals surface area contributed by atoms with Crippen LogP contribution in [0.4, 0.5) is 20.6 Å². The fourth-order valence-electron chi connectivity index (χ4n) is 2.79. The highest BCUT2D eigenvalue weighted by Gasteiger charge is 2.35. The molecular formula is C19H18FN3O4. The molecule has 0 saturated carbocycles. The number of halogens is 1. The van der Waals surface area contributed by atoms with Crippen molar-refractivity contribution in [2.24, 2.45) is 0 Å². The van der Waals surface area contributed by atoms with Gasteiger partial charge in [-0.05, 0) is 36.8 Å². The molecule has 0 aliphatic carbocycles. The number of hydrogen-bond acceptors (Lipinski definition) is 4. The van der Waals surface area contributed by atoms with Crippen molar-refractivity contribution in [1.29, 1.82) is 0 Å². The largest absolute Gasteiger partial charge is 0.385 e. The molecule has 0 fully saturated rings. The zero-order chi connectivity index (χ0) is 19.4. The Labute approximate surface area is 155 Å². The van der Waals surface area contributed by atoms with Crippen LogP contribution < -0.4 is 10.6 Å². The third-order valence-corrected chi connectivity index (χ3v) is 4.08. The third-order valence-electron chi connectivity index (χ3n) is 4.08. The Morgan fingerprint density at radius 2 is 1.81 bits per heavy atom. The predicted octanol–water partition coefficient (Wildman–Crippen LogP) is 3.10. The van der Waals surface area contributed by atoms with Crippen LogP contribution in [0.5, 0.6) is 0 Å². The molecule has 4 amide bonds. The van der Waals surface area contributed by atoms with E-state index < -0.39 is 17.8 Å². The minimum atomic E-state index is -0.659. The Balaban J connectivity index is 1.70. The Bertz CT molecular complexity index is 900. The van der Waals surface area contributed by atoms with E-state index in [0.717, 1.165) is 4.90 Å². The molecule has 0 unspecified atom stereocenters. The second-order valence-corrected chi connectivity index (χ2v) is 5.93. The van der Waals surface area contributed by atoms with Crippen LogP contribution >= 0.6 is 0 Å². The second kappa shape index (κ2) is 7.96. The maximum absolute atomic E-state index is 13.6. The van der Waals surface area contributed by atoms with Gasteiger partial charge in [0.2, 0.25) is 0 Å². The maximum Gasteiger partial charge on any atom is 0.323 e. The van der Waals surface area contributed by atoms with Crippen LogP contribution in [0.3, 0.4) is 0 Å². The van der Waals surface area contributed by atoms with E-state index in [1.807, 2.05) is 0 Å². The molecular weight excluding hydrogens is 353 g/mol. The lowest BCUT2D eigenvalue weighted by molar-refractivity contribution is 0.0638. The molecule has 0 radical (unpaired) electrons. The van der Waals surface area contributed by atoms with Gasteiger partial charge in [-0.25, -0.2) is 9.18 Å². The van der Waals surface area contributed by atoms with E-state index in [2.05, 4.69) is 10.6 Å². The number of fused-ring (bicyclic) bond motifs is 1. The number of carbonyl (C=O) groups excluding carboxylic acids is 3. The number of carbonyl (C=O) groups is 3. The molecule has 7 nitrogen and oxygen atoms in total. The van der Waals surface area contributed by atoms with Crippen molar-refractivity contribution in [3.05, 3.63) is 59.4 Å². The van der Waals surface area contributed by atoms with Gasteiger partial charge in [0.15, 0.2) is 0 Å². The molecule has 2 aromatic rings. The molecule has 0 saturated heterocycles. The number of benzene rings is 2. The highest BCUT2D eigenvalue weighted by atomic mass is 19.1. The highest BCUT2D eigenvalue weighted by Crippen LogP contribution is 2.26. The van der Waals surface area contributed by atoms with Crippen molar-refractivity contribution < 1.29 is 23.5 Å². The smallest absolute Gasteiger partial charge is 0.323 e. The number of rotatable bonds is 6. The minimum absolute atomic E-state index is 0.0340. The molecule has 2 N–H and O–H groups in total. The van der Waals surface area contributed by atoms with Gasteiger partial charge in [0, 0.05) is 25.9 Å². The normalized spacial score (nSPS) is 12.9. The van der Waals surface area contributed by atoms with Crippen molar-refractivity contribution in [2.45, 2.75) is 6.42 Å². The summed E-state index contributed by atoms with van der Waals surface area (Å²) in [6.45, 7) is 0.702. The molecule has 140 valence electrons. The number of para-hydroxylation sites is 1. The summed E-state index contributed by atoms with van der Waals surface area (Å²) in [6.07, 6.45) is 0.540. The van der Waals surface area contributed by atoms with Crippen molar-refractivity contribution >= 4 is 29.2 Å². The molecule has 1 aliphatic rings. The number of urea groups is 1. The highest BCUT2D eigenvalue weighted by molar-refractivity contribution is 6.22. The van der Waals surface area contributed by atoms with Crippen LogP contribution in [0.1, 0.15) is 27.1 Å². The SMILES string of the molecule is COCCCN1C(=O)c2ccc(NC(=O)Nc3ccccc3F)cc2C1=O. The molecule has 2 aromatic carbocycles. The Kier molecular flexibility index (Phi) is 5.46. The van der Waals surface area contributed by atoms with E-state index >= 15 is 0 Å². The standard InChI is InChI=1S/C19H18FN3O4/c1-27-10-4-9-23-17(24)13-8-7-12(11-14(13)18(23)25)21-19(26)22-16-6-3-2-5-15(16)20/h2-3,5-8,11H,4,9-10H2,1H3,(H2,21,22,26). The molecule has 27 heavy (non-hydrogen) atoms. The zero-order valence-corrected chi connectivity index (χ0v) is 14.6. The number of ether oxygens (including phenoxy) is 1. The van der Waals surface area contributed by atoms with Crippen molar-refractivity contribution in [1.82, 2.24) is 4.90 Å². The summed E-state index contributed by atoms with van der Waals surface area (Å²) in [5.74, 6) is -1.34. The van der Waals surface area contributed by atoms with Crippen LogP contribution in [0.2, 0.25) is 0 Å². The number of imide groups is 1. The summed E-state index contributed by atoms with van der Waals surface area (Å²) in [6, 6.07) is 9.55. The van der Waals surface area contributed by atoms with Crippen LogP contribution in [0.25, 0.3) is 0 Å². The number of amides is 4. The first-order chi connectivity index (χ1) is 13.0. The average molecular weight is 371 g/mol. The van der Waals surface area contributed by atoms with Gasteiger partial charge >= 0.3 is 6.03 Å². The van der Waals surface area contributed by atoms with Gasteiger partial charge in [0.05, 0.1) is 16.8 Å². The van der Waals surface area contributed by atoms with E-state index in [-0.39, 0.29) is 29.3 Å². The van der Waals surface area contributed by atoms with Gasteiger partial charge in [0.25, 0.3) is 11.8 Å². The predicted molar refractivity (Wildman–Crippen MR) is 97.3 cm³/mol. The zero-order valence-electron chi connectivity index (χ0n) is 14.6. The number of methoxy groups -OCH3 is 1. The monoisotopic (exact) mass is 371 g/mol. The number of nitrogens with zero attached hydrogens (tertiary/aromatic N) is 1. The van der Waals surface area contributed by atoms with E-state index in [1.165, 1.54) is 36.4 Å². The first-order valence-corrected chi connectivity index (χ1v) is 8.33. The summed E-state index contributed by atoms with van der Waals surface area (Å²) in [7, 11) is 1.55. The molecule has 1 aliphatic heterocycles. The maximum atomic E-state index is 13.6. The Morgan fingerprint density at radius 1 is 1.07 bits per heavy atom. The van der Waals surface area contributed by atoms with Crippen molar-refractivity contribution in [2.75, 3.05) is 30.9 Å². The second-order valence-electron chi connectivity index (χ2n) is 5.93. The van der Waals surface area contributed by atoms with Crippen LogP contribution in [0, 0.1) is 5.82 Å². The molecule has 0 atom stereocenters. The lowest BCUT2D eigenvalue weighted by atomic mass is 10.1. The molecule has 8 heteroatoms. The Morgan fingerprint density at radius 3 is 2.56 bits per heavy atom. The topological polar surface area (TPSA) is 87.7 Å². The van der Waals surface area contributed by atoms with E-state index in [1.54, 1.807) is 13.2 Å². The van der Waals surface area contributed by atoms with E-state index in [4.69, 9.17) is 4.74 Å². The number of hydrogen-bond donors (Lipinski definition) is 2. The van der Waals surface area contributed by atoms with Gasteiger partial charge in [-0.2, -0.15) is 0 Å². The van der Waals surface area contributed by atoms with Gasteiger partial charge in [0.1, 0.15) is 5.82 Å². The minimum Gasteiger partial charge on any atom is -0.385 e. The summed E-state index contributed by atoms with van der Waals surface area (Å²) >= 11 is 0. The summed E-state index contributed by atoms with van der Waals surface area (Å²) in [5.41, 5.74) is 0.868. The molecule has 0 aromatic heterocycles. The van der Waals surface area contributed by atoms with E-state index in [0.29, 0.717) is 18.7 Å². The van der Waals surface area contributed by atoms with Gasteiger partial charge in [-0.15, -0.1) is 0 Å². The van der Waals surface area contributed by atoms with Crippen molar-refractivity contribution in [3.63, 3.8) is 0 Å². The molecule has 1 heterocycles. The Hall–Kier alpha value is -3.26. The first-order valence-electron chi connectivity index (χ1n) is 8.33. The molecule has 0 spiro atoms. The number of anilines is 2. The summed E-state index contributed by atoms with van der Waals surface area (Å²) < 4.78 is 18.5. The van der Waals surface area contributed by atoms with Gasteiger partial charge in [-0.1, -0.05) is 12.1 Å². The summed E-state index contributed by atoms with van der Waals surface area (Å²) in [4.78, 5) is 38.0. The van der Waals surface area contributed by atoms with Crippen LogP contribution in [0.15, 0.2) is 42.5 Å². The van der Waals surface area contributed by atoms with Gasteiger partial charge < -0.3 is 15.4 Å². The lowest BCUT2D eigenvalue weighted by Gasteiger charge is -2.12. The van der Waals surface area contributed by atoms with Crippen LogP contribution in [-0.2, 0) is 4.74 Å². The molecule has 3 rings (SSSR count). The lowest BCUT2D eigenvalue weighted by Crippen LogP contribution is -2.31. The molecule has 0 bridgehead atoms. The van der Waals surface area contributed by atoms with E-state index in [9.17, 15) is 18.8 Å². The third kappa shape index (κ3) is 3.95. The summed E-state index contributed by atoms with van der Waals surface area (Å²) in [5, 5.41) is 4.92. The van der Waals surface area contributed by atoms with Gasteiger partial charge in [-0.3, -0.25) is 14.5 Å². The number of nitrogens with one attached hydrogen (secondary N) is 2. The quantitative estimate of drug-likeness (QED) is 0.603. The fourth-order valence-corrected chi connectivity index (χ4v) is 2.79. The fraction of sp³-hybridized carbons (Fsp3) is 0.211. The first kappa shape index (κ1) is 18.5. The van der Waals surface area contributed by atoms with Crippen molar-refractivity contribution in [3.8, 4) is 0 Å². The van der Waals surface area contributed by atoms with Crippen LogP contribution in [-0.4, -0.2) is 43.0 Å².